The molecule has 0 fully saturated rings. The average Bonchev–Trinajstić information content (AvgIpc) is 2.24. The van der Waals surface area contributed by atoms with Crippen molar-refractivity contribution in [2.45, 2.75) is 38.9 Å². The maximum absolute atomic E-state index is 9.33. The molecule has 0 atom stereocenters. The van der Waals surface area contributed by atoms with Gasteiger partial charge in [-0.2, -0.15) is 0 Å². The van der Waals surface area contributed by atoms with Crippen LogP contribution in [0.15, 0.2) is 24.3 Å². The summed E-state index contributed by atoms with van der Waals surface area (Å²) in [4.78, 5) is 0. The lowest BCUT2D eigenvalue weighted by atomic mass is 10.2. The molecule has 0 unspecified atom stereocenters. The van der Waals surface area contributed by atoms with Gasteiger partial charge < -0.3 is 5.11 Å². The Morgan fingerprint density at radius 3 is 2.69 bits per heavy atom. The van der Waals surface area contributed by atoms with E-state index in [1.54, 1.807) is 12.1 Å². The van der Waals surface area contributed by atoms with Gasteiger partial charge in [-0.1, -0.05) is 44.8 Å². The predicted octanol–water partition coefficient (Wildman–Crippen LogP) is 3.79. The predicted molar refractivity (Wildman–Crippen MR) is 72.2 cm³/mol. The number of phenolic OH excluding ortho intramolecular Hbond substituents is 1. The van der Waals surface area contributed by atoms with E-state index < -0.39 is 8.07 Å². The number of unbranched alkanes of at least 4 members (excludes halogenated alkanes) is 1. The van der Waals surface area contributed by atoms with Crippen LogP contribution in [0.5, 0.6) is 5.75 Å². The number of hydrogen-bond acceptors (Lipinski definition) is 1. The molecule has 1 N–H and O–H groups in total. The van der Waals surface area contributed by atoms with E-state index >= 15 is 0 Å². The third kappa shape index (κ3) is 4.54. The van der Waals surface area contributed by atoms with Gasteiger partial charge >= 0.3 is 0 Å². The van der Waals surface area contributed by atoms with Crippen LogP contribution in [-0.2, 0) is 0 Å². The lowest BCUT2D eigenvalue weighted by Crippen LogP contribution is -2.22. The van der Waals surface area contributed by atoms with Gasteiger partial charge in [-0.05, 0) is 24.2 Å². The molecule has 0 aliphatic rings. The van der Waals surface area contributed by atoms with Crippen molar-refractivity contribution >= 4 is 8.07 Å². The molecule has 1 rings (SSSR count). The van der Waals surface area contributed by atoms with E-state index in [1.807, 2.05) is 12.1 Å². The Morgan fingerprint density at radius 2 is 2.06 bits per heavy atom. The molecule has 0 bridgehead atoms. The van der Waals surface area contributed by atoms with Crippen LogP contribution in [-0.4, -0.2) is 13.2 Å². The third-order valence-electron chi connectivity index (χ3n) is 2.55. The standard InChI is InChI=1S/C14H20OSi/c1-4-5-10-16(2,3)11-9-13-7-6-8-14(15)12-13/h6-8,12,15H,4-5,10H2,1-3H3. The molecule has 1 aromatic rings. The Balaban J connectivity index is 2.73. The minimum absolute atomic E-state index is 0.292. The molecule has 0 saturated carbocycles. The fourth-order valence-corrected chi connectivity index (χ4v) is 3.35. The summed E-state index contributed by atoms with van der Waals surface area (Å²) < 4.78 is 0. The minimum Gasteiger partial charge on any atom is -0.508 e. The van der Waals surface area contributed by atoms with Crippen molar-refractivity contribution in [2.75, 3.05) is 0 Å². The Hall–Kier alpha value is -1.20. The van der Waals surface area contributed by atoms with Gasteiger partial charge in [-0.25, -0.2) is 0 Å². The highest BCUT2D eigenvalue weighted by atomic mass is 28.3. The van der Waals surface area contributed by atoms with Gasteiger partial charge in [0.1, 0.15) is 13.8 Å². The SMILES string of the molecule is CCCC[Si](C)(C)C#Cc1cccc(O)c1. The first-order valence-corrected chi connectivity index (χ1v) is 9.06. The van der Waals surface area contributed by atoms with E-state index in [2.05, 4.69) is 31.5 Å². The molecular weight excluding hydrogens is 212 g/mol. The zero-order valence-electron chi connectivity index (χ0n) is 10.4. The van der Waals surface area contributed by atoms with Crippen LogP contribution in [0, 0.1) is 11.5 Å². The summed E-state index contributed by atoms with van der Waals surface area (Å²) in [7, 11) is -1.37. The van der Waals surface area contributed by atoms with Crippen LogP contribution in [0.4, 0.5) is 0 Å². The number of hydrogen-bond donors (Lipinski definition) is 1. The van der Waals surface area contributed by atoms with Crippen molar-refractivity contribution in [1.82, 2.24) is 0 Å². The summed E-state index contributed by atoms with van der Waals surface area (Å²) in [5, 5.41) is 9.33. The van der Waals surface area contributed by atoms with Gasteiger partial charge in [-0.15, -0.1) is 5.54 Å². The van der Waals surface area contributed by atoms with Crippen LogP contribution in [0.25, 0.3) is 0 Å². The number of rotatable bonds is 3. The highest BCUT2D eigenvalue weighted by Gasteiger charge is 2.16. The summed E-state index contributed by atoms with van der Waals surface area (Å²) in [6, 6.07) is 8.43. The van der Waals surface area contributed by atoms with Crippen molar-refractivity contribution < 1.29 is 5.11 Å². The second-order valence-electron chi connectivity index (χ2n) is 4.79. The molecular formula is C14H20OSi. The van der Waals surface area contributed by atoms with Gasteiger partial charge in [0.15, 0.2) is 0 Å². The molecule has 0 aliphatic carbocycles. The second-order valence-corrected chi connectivity index (χ2v) is 9.31. The largest absolute Gasteiger partial charge is 0.508 e. The van der Waals surface area contributed by atoms with E-state index in [-0.39, 0.29) is 0 Å². The zero-order valence-corrected chi connectivity index (χ0v) is 11.4. The van der Waals surface area contributed by atoms with Crippen LogP contribution >= 0.6 is 0 Å². The van der Waals surface area contributed by atoms with Crippen molar-refractivity contribution in [2.24, 2.45) is 0 Å². The lowest BCUT2D eigenvalue weighted by Gasteiger charge is -2.13. The fraction of sp³-hybridized carbons (Fsp3) is 0.429. The van der Waals surface area contributed by atoms with Crippen LogP contribution in [0.1, 0.15) is 25.3 Å². The Labute approximate surface area is 99.5 Å². The average molecular weight is 232 g/mol. The van der Waals surface area contributed by atoms with Gasteiger partial charge in [-0.3, -0.25) is 0 Å². The van der Waals surface area contributed by atoms with Crippen molar-refractivity contribution in [3.05, 3.63) is 29.8 Å². The van der Waals surface area contributed by atoms with Crippen LogP contribution in [0.2, 0.25) is 19.1 Å². The summed E-state index contributed by atoms with van der Waals surface area (Å²) in [6.07, 6.45) is 2.51. The fourth-order valence-electron chi connectivity index (χ4n) is 1.51. The summed E-state index contributed by atoms with van der Waals surface area (Å²) in [5.74, 6) is 3.48. The second kappa shape index (κ2) is 5.76. The van der Waals surface area contributed by atoms with Gasteiger partial charge in [0.25, 0.3) is 0 Å². The van der Waals surface area contributed by atoms with E-state index in [0.717, 1.165) is 5.56 Å². The maximum atomic E-state index is 9.33. The normalized spacial score (nSPS) is 10.7. The third-order valence-corrected chi connectivity index (χ3v) is 4.95. The Bertz CT molecular complexity index is 399. The quantitative estimate of drug-likeness (QED) is 0.621. The van der Waals surface area contributed by atoms with E-state index in [1.165, 1.54) is 18.9 Å². The molecule has 0 amide bonds. The molecule has 2 heteroatoms. The molecule has 0 aliphatic heterocycles. The van der Waals surface area contributed by atoms with Gasteiger partial charge in [0.2, 0.25) is 0 Å². The zero-order chi connectivity index (χ0) is 12.0. The highest BCUT2D eigenvalue weighted by Crippen LogP contribution is 2.14. The Morgan fingerprint density at radius 1 is 1.31 bits per heavy atom. The maximum Gasteiger partial charge on any atom is 0.132 e. The molecule has 16 heavy (non-hydrogen) atoms. The monoisotopic (exact) mass is 232 g/mol. The number of aromatic hydroxyl groups is 1. The molecule has 0 aromatic heterocycles. The highest BCUT2D eigenvalue weighted by molar-refractivity contribution is 6.85. The molecule has 86 valence electrons. The first-order chi connectivity index (χ1) is 7.53. The van der Waals surface area contributed by atoms with Crippen LogP contribution in [0.3, 0.4) is 0 Å². The molecule has 1 nitrogen and oxygen atoms in total. The lowest BCUT2D eigenvalue weighted by molar-refractivity contribution is 0.475. The van der Waals surface area contributed by atoms with E-state index in [0.29, 0.717) is 5.75 Å². The summed E-state index contributed by atoms with van der Waals surface area (Å²) >= 11 is 0. The molecule has 0 heterocycles. The molecule has 0 spiro atoms. The van der Waals surface area contributed by atoms with Crippen LogP contribution < -0.4 is 0 Å². The Kier molecular flexibility index (Phi) is 4.64. The van der Waals surface area contributed by atoms with Crippen molar-refractivity contribution in [3.63, 3.8) is 0 Å². The van der Waals surface area contributed by atoms with Crippen molar-refractivity contribution in [3.8, 4) is 17.2 Å². The smallest absolute Gasteiger partial charge is 0.132 e. The van der Waals surface area contributed by atoms with Gasteiger partial charge in [0, 0.05) is 5.56 Å². The molecule has 1 aromatic carbocycles. The van der Waals surface area contributed by atoms with Gasteiger partial charge in [0.05, 0.1) is 0 Å². The van der Waals surface area contributed by atoms with E-state index in [4.69, 9.17) is 0 Å². The topological polar surface area (TPSA) is 20.2 Å². The minimum atomic E-state index is -1.37. The molecule has 0 radical (unpaired) electrons. The summed E-state index contributed by atoms with van der Waals surface area (Å²) in [5.41, 5.74) is 4.33. The molecule has 0 saturated heterocycles. The first-order valence-electron chi connectivity index (χ1n) is 5.86. The summed E-state index contributed by atoms with van der Waals surface area (Å²) in [6.45, 7) is 6.82. The number of benzene rings is 1. The number of phenols is 1. The van der Waals surface area contributed by atoms with Crippen molar-refractivity contribution in [1.29, 1.82) is 0 Å². The first kappa shape index (κ1) is 12.9. The van der Waals surface area contributed by atoms with E-state index in [9.17, 15) is 5.11 Å².